The maximum atomic E-state index is 5.91. The first-order chi connectivity index (χ1) is 15.7. The van der Waals surface area contributed by atoms with Gasteiger partial charge in [0.1, 0.15) is 11.5 Å². The summed E-state index contributed by atoms with van der Waals surface area (Å²) in [7, 11) is 0. The SMILES string of the molecule is Clc1ccc(Oc2ccc(CNc3nc4ccc(Nc5cccnc5)cc4[nH]3)cc2)cc1. The molecule has 0 amide bonds. The summed E-state index contributed by atoms with van der Waals surface area (Å²) in [6, 6.07) is 25.1. The van der Waals surface area contributed by atoms with E-state index in [2.05, 4.69) is 25.6 Å². The van der Waals surface area contributed by atoms with E-state index in [4.69, 9.17) is 16.3 Å². The highest BCUT2D eigenvalue weighted by molar-refractivity contribution is 6.30. The third-order valence-electron chi connectivity index (χ3n) is 4.86. The van der Waals surface area contributed by atoms with Gasteiger partial charge in [-0.3, -0.25) is 4.98 Å². The van der Waals surface area contributed by atoms with Gasteiger partial charge < -0.3 is 20.4 Å². The fourth-order valence-electron chi connectivity index (χ4n) is 3.27. The van der Waals surface area contributed by atoms with Gasteiger partial charge in [-0.15, -0.1) is 0 Å². The van der Waals surface area contributed by atoms with Crippen molar-refractivity contribution in [1.82, 2.24) is 15.0 Å². The first-order valence-corrected chi connectivity index (χ1v) is 10.5. The van der Waals surface area contributed by atoms with Crippen molar-refractivity contribution in [2.75, 3.05) is 10.6 Å². The van der Waals surface area contributed by atoms with Crippen LogP contribution in [-0.2, 0) is 6.54 Å². The lowest BCUT2D eigenvalue weighted by Crippen LogP contribution is -2.00. The Labute approximate surface area is 190 Å². The van der Waals surface area contributed by atoms with E-state index in [0.717, 1.165) is 45.4 Å². The Morgan fingerprint density at radius 1 is 0.875 bits per heavy atom. The molecule has 3 aromatic carbocycles. The van der Waals surface area contributed by atoms with Crippen molar-refractivity contribution in [3.63, 3.8) is 0 Å². The molecule has 2 aromatic heterocycles. The van der Waals surface area contributed by atoms with Crippen LogP contribution in [0.1, 0.15) is 5.56 Å². The summed E-state index contributed by atoms with van der Waals surface area (Å²) in [4.78, 5) is 12.1. The van der Waals surface area contributed by atoms with E-state index < -0.39 is 0 Å². The fraction of sp³-hybridized carbons (Fsp3) is 0.0400. The number of nitrogens with zero attached hydrogens (tertiary/aromatic N) is 2. The summed E-state index contributed by atoms with van der Waals surface area (Å²) >= 11 is 5.91. The summed E-state index contributed by atoms with van der Waals surface area (Å²) < 4.78 is 5.84. The van der Waals surface area contributed by atoms with E-state index in [9.17, 15) is 0 Å². The first kappa shape index (κ1) is 19.9. The summed E-state index contributed by atoms with van der Waals surface area (Å²) in [5, 5.41) is 7.37. The monoisotopic (exact) mass is 441 g/mol. The standard InChI is InChI=1S/C25H20ClN5O/c26-18-5-10-22(11-6-18)32-21-8-3-17(4-9-21)15-28-25-30-23-12-7-19(14-24(23)31-25)29-20-2-1-13-27-16-20/h1-14,16,29H,15H2,(H2,28,30,31). The van der Waals surface area contributed by atoms with Gasteiger partial charge >= 0.3 is 0 Å². The highest BCUT2D eigenvalue weighted by Crippen LogP contribution is 2.24. The predicted molar refractivity (Wildman–Crippen MR) is 129 cm³/mol. The van der Waals surface area contributed by atoms with Gasteiger partial charge in [-0.1, -0.05) is 23.7 Å². The Kier molecular flexibility index (Phi) is 5.59. The maximum Gasteiger partial charge on any atom is 0.201 e. The second kappa shape index (κ2) is 8.99. The molecule has 6 nitrogen and oxygen atoms in total. The molecule has 0 saturated carbocycles. The van der Waals surface area contributed by atoms with E-state index >= 15 is 0 Å². The highest BCUT2D eigenvalue weighted by Gasteiger charge is 2.05. The molecule has 0 aliphatic rings. The molecule has 0 bridgehead atoms. The molecule has 0 radical (unpaired) electrons. The smallest absolute Gasteiger partial charge is 0.201 e. The van der Waals surface area contributed by atoms with E-state index in [0.29, 0.717) is 11.6 Å². The van der Waals surface area contributed by atoms with Gasteiger partial charge in [0.2, 0.25) is 5.95 Å². The summed E-state index contributed by atoms with van der Waals surface area (Å²) in [6.45, 7) is 0.641. The number of hydrogen-bond donors (Lipinski definition) is 3. The van der Waals surface area contributed by atoms with Crippen molar-refractivity contribution in [3.05, 3.63) is 102 Å². The molecular formula is C25H20ClN5O. The Balaban J connectivity index is 1.21. The van der Waals surface area contributed by atoms with Crippen molar-refractivity contribution in [2.24, 2.45) is 0 Å². The molecule has 5 aromatic rings. The van der Waals surface area contributed by atoms with Crippen LogP contribution in [0.4, 0.5) is 17.3 Å². The molecule has 0 spiro atoms. The summed E-state index contributed by atoms with van der Waals surface area (Å²) in [5.74, 6) is 2.24. The van der Waals surface area contributed by atoms with Gasteiger partial charge in [0.15, 0.2) is 0 Å². The minimum absolute atomic E-state index is 0.641. The van der Waals surface area contributed by atoms with Crippen LogP contribution in [0.2, 0.25) is 5.02 Å². The number of imidazole rings is 1. The van der Waals surface area contributed by atoms with Gasteiger partial charge in [0.25, 0.3) is 0 Å². The largest absolute Gasteiger partial charge is 0.457 e. The van der Waals surface area contributed by atoms with Gasteiger partial charge in [-0.25, -0.2) is 4.98 Å². The van der Waals surface area contributed by atoms with Crippen LogP contribution in [0.5, 0.6) is 11.5 Å². The number of H-pyrrole nitrogens is 1. The van der Waals surface area contributed by atoms with Crippen molar-refractivity contribution >= 4 is 40.0 Å². The Hall–Kier alpha value is -4.03. The number of fused-ring (bicyclic) bond motifs is 1. The first-order valence-electron chi connectivity index (χ1n) is 10.1. The lowest BCUT2D eigenvalue weighted by molar-refractivity contribution is 0.482. The van der Waals surface area contributed by atoms with E-state index in [-0.39, 0.29) is 0 Å². The minimum atomic E-state index is 0.641. The average Bonchev–Trinajstić information content (AvgIpc) is 3.23. The molecule has 32 heavy (non-hydrogen) atoms. The van der Waals surface area contributed by atoms with Crippen molar-refractivity contribution in [2.45, 2.75) is 6.54 Å². The zero-order valence-corrected chi connectivity index (χ0v) is 17.8. The van der Waals surface area contributed by atoms with Crippen LogP contribution in [0.25, 0.3) is 11.0 Å². The third kappa shape index (κ3) is 4.82. The van der Waals surface area contributed by atoms with Crippen LogP contribution < -0.4 is 15.4 Å². The number of halogens is 1. The average molecular weight is 442 g/mol. The second-order valence-corrected chi connectivity index (χ2v) is 7.67. The van der Waals surface area contributed by atoms with Crippen molar-refractivity contribution < 1.29 is 4.74 Å². The van der Waals surface area contributed by atoms with Gasteiger partial charge in [0.05, 0.1) is 22.9 Å². The van der Waals surface area contributed by atoms with Crippen LogP contribution in [0.15, 0.2) is 91.3 Å². The molecule has 7 heteroatoms. The van der Waals surface area contributed by atoms with Crippen LogP contribution in [0.3, 0.4) is 0 Å². The lowest BCUT2D eigenvalue weighted by atomic mass is 10.2. The van der Waals surface area contributed by atoms with E-state index in [1.165, 1.54) is 0 Å². The number of aromatic nitrogens is 3. The second-order valence-electron chi connectivity index (χ2n) is 7.24. The van der Waals surface area contributed by atoms with E-state index in [1.807, 2.05) is 66.7 Å². The molecule has 2 heterocycles. The zero-order valence-electron chi connectivity index (χ0n) is 17.0. The van der Waals surface area contributed by atoms with Crippen LogP contribution >= 0.6 is 11.6 Å². The van der Waals surface area contributed by atoms with Crippen molar-refractivity contribution in [3.8, 4) is 11.5 Å². The molecule has 0 aliphatic heterocycles. The van der Waals surface area contributed by atoms with Crippen LogP contribution in [0, 0.1) is 0 Å². The summed E-state index contributed by atoms with van der Waals surface area (Å²) in [6.07, 6.45) is 3.54. The van der Waals surface area contributed by atoms with Gasteiger partial charge in [-0.2, -0.15) is 0 Å². The molecule has 0 unspecified atom stereocenters. The normalized spacial score (nSPS) is 10.8. The summed E-state index contributed by atoms with van der Waals surface area (Å²) in [5.41, 5.74) is 4.88. The molecule has 0 fully saturated rings. The Morgan fingerprint density at radius 3 is 2.41 bits per heavy atom. The number of rotatable bonds is 7. The predicted octanol–water partition coefficient (Wildman–Crippen LogP) is 6.76. The quantitative estimate of drug-likeness (QED) is 0.260. The highest BCUT2D eigenvalue weighted by atomic mass is 35.5. The fourth-order valence-corrected chi connectivity index (χ4v) is 3.40. The van der Waals surface area contributed by atoms with E-state index in [1.54, 1.807) is 24.5 Å². The molecule has 5 rings (SSSR count). The van der Waals surface area contributed by atoms with Crippen molar-refractivity contribution in [1.29, 1.82) is 0 Å². The molecule has 0 aliphatic carbocycles. The topological polar surface area (TPSA) is 74.9 Å². The lowest BCUT2D eigenvalue weighted by Gasteiger charge is -2.07. The van der Waals surface area contributed by atoms with Gasteiger partial charge in [-0.05, 0) is 72.3 Å². The molecule has 0 atom stereocenters. The van der Waals surface area contributed by atoms with Gasteiger partial charge in [0, 0.05) is 23.5 Å². The number of hydrogen-bond acceptors (Lipinski definition) is 5. The number of pyridine rings is 1. The maximum absolute atomic E-state index is 5.91. The number of nitrogens with one attached hydrogen (secondary N) is 3. The molecule has 158 valence electrons. The molecule has 3 N–H and O–H groups in total. The molecule has 0 saturated heterocycles. The minimum Gasteiger partial charge on any atom is -0.457 e. The zero-order chi connectivity index (χ0) is 21.8. The number of anilines is 3. The third-order valence-corrected chi connectivity index (χ3v) is 5.12. The number of aromatic amines is 1. The Bertz CT molecular complexity index is 1320. The number of ether oxygens (including phenoxy) is 1. The Morgan fingerprint density at radius 2 is 1.66 bits per heavy atom. The molecular weight excluding hydrogens is 422 g/mol. The van der Waals surface area contributed by atoms with Crippen LogP contribution in [-0.4, -0.2) is 15.0 Å². The number of benzene rings is 3.